The molecule has 2 rings (SSSR count). The van der Waals surface area contributed by atoms with Gasteiger partial charge in [-0.3, -0.25) is 0 Å². The van der Waals surface area contributed by atoms with Crippen LogP contribution < -0.4 is 14.8 Å². The van der Waals surface area contributed by atoms with Gasteiger partial charge in [0.15, 0.2) is 11.5 Å². The first-order valence-corrected chi connectivity index (χ1v) is 5.94. The zero-order chi connectivity index (χ0) is 12.8. The summed E-state index contributed by atoms with van der Waals surface area (Å²) in [5.74, 6) is 1.63. The van der Waals surface area contributed by atoms with Crippen LogP contribution in [0.5, 0.6) is 11.5 Å². The van der Waals surface area contributed by atoms with E-state index < -0.39 is 0 Å². The molecule has 0 aromatic heterocycles. The lowest BCUT2D eigenvalue weighted by atomic mass is 10.2. The third-order valence-corrected chi connectivity index (χ3v) is 2.82. The molecular weight excluding hydrogens is 234 g/mol. The highest BCUT2D eigenvalue weighted by molar-refractivity contribution is 5.44. The summed E-state index contributed by atoms with van der Waals surface area (Å²) in [6.07, 6.45) is 0.0732. The third kappa shape index (κ3) is 3.35. The van der Waals surface area contributed by atoms with Crippen LogP contribution in [0.2, 0.25) is 0 Å². The van der Waals surface area contributed by atoms with Gasteiger partial charge in [-0.25, -0.2) is 0 Å². The van der Waals surface area contributed by atoms with E-state index in [-0.39, 0.29) is 6.10 Å². The molecule has 5 heteroatoms. The van der Waals surface area contributed by atoms with Gasteiger partial charge in [-0.05, 0) is 17.7 Å². The van der Waals surface area contributed by atoms with Crippen LogP contribution in [0.3, 0.4) is 0 Å². The summed E-state index contributed by atoms with van der Waals surface area (Å²) in [5, 5.41) is 3.33. The van der Waals surface area contributed by atoms with Crippen LogP contribution in [0, 0.1) is 0 Å². The molecule has 1 unspecified atom stereocenters. The van der Waals surface area contributed by atoms with Crippen molar-refractivity contribution in [1.82, 2.24) is 5.32 Å². The molecule has 1 atom stereocenters. The molecule has 1 N–H and O–H groups in total. The topological polar surface area (TPSA) is 49.0 Å². The van der Waals surface area contributed by atoms with E-state index >= 15 is 0 Å². The van der Waals surface area contributed by atoms with E-state index in [1.165, 1.54) is 0 Å². The van der Waals surface area contributed by atoms with Gasteiger partial charge < -0.3 is 24.3 Å². The number of hydrogen-bond donors (Lipinski definition) is 1. The normalized spacial score (nSPS) is 14.8. The number of nitrogens with one attached hydrogen (secondary N) is 1. The summed E-state index contributed by atoms with van der Waals surface area (Å²) < 4.78 is 20.9. The van der Waals surface area contributed by atoms with Crippen molar-refractivity contribution in [2.45, 2.75) is 12.6 Å². The second kappa shape index (κ2) is 6.58. The van der Waals surface area contributed by atoms with Crippen molar-refractivity contribution < 1.29 is 18.9 Å². The molecule has 1 aromatic rings. The minimum absolute atomic E-state index is 0.0732. The van der Waals surface area contributed by atoms with Crippen molar-refractivity contribution in [3.8, 4) is 11.5 Å². The second-order valence-corrected chi connectivity index (χ2v) is 4.13. The first-order chi connectivity index (χ1) is 8.83. The standard InChI is InChI=1S/C13H19NO4/c1-15-8-11(16-2)7-14-6-10-3-4-12-13(5-10)18-9-17-12/h3-5,11,14H,6-9H2,1-2H3. The Morgan fingerprint density at radius 1 is 1.28 bits per heavy atom. The highest BCUT2D eigenvalue weighted by Crippen LogP contribution is 2.32. The molecule has 18 heavy (non-hydrogen) atoms. The number of benzene rings is 1. The smallest absolute Gasteiger partial charge is 0.231 e. The van der Waals surface area contributed by atoms with Gasteiger partial charge in [-0.2, -0.15) is 0 Å². The zero-order valence-corrected chi connectivity index (χ0v) is 10.8. The zero-order valence-electron chi connectivity index (χ0n) is 10.8. The molecule has 100 valence electrons. The predicted octanol–water partition coefficient (Wildman–Crippen LogP) is 1.17. The molecule has 1 heterocycles. The molecule has 0 fully saturated rings. The Balaban J connectivity index is 1.79. The maximum absolute atomic E-state index is 5.33. The van der Waals surface area contributed by atoms with Crippen LogP contribution in [0.1, 0.15) is 5.56 Å². The molecule has 0 saturated carbocycles. The van der Waals surface area contributed by atoms with Crippen molar-refractivity contribution in [2.75, 3.05) is 34.2 Å². The highest BCUT2D eigenvalue weighted by Gasteiger charge is 2.13. The average molecular weight is 253 g/mol. The van der Waals surface area contributed by atoms with Gasteiger partial charge in [-0.15, -0.1) is 0 Å². The SMILES string of the molecule is COCC(CNCc1ccc2c(c1)OCO2)OC. The number of fused-ring (bicyclic) bond motifs is 1. The van der Waals surface area contributed by atoms with Crippen LogP contribution in [0.4, 0.5) is 0 Å². The van der Waals surface area contributed by atoms with Crippen molar-refractivity contribution in [1.29, 1.82) is 0 Å². The van der Waals surface area contributed by atoms with Gasteiger partial charge >= 0.3 is 0 Å². The summed E-state index contributed by atoms with van der Waals surface area (Å²) in [4.78, 5) is 0. The Bertz CT molecular complexity index is 383. The van der Waals surface area contributed by atoms with E-state index in [9.17, 15) is 0 Å². The molecule has 0 aliphatic carbocycles. The van der Waals surface area contributed by atoms with Gasteiger partial charge in [0.25, 0.3) is 0 Å². The quantitative estimate of drug-likeness (QED) is 0.790. The molecule has 0 spiro atoms. The van der Waals surface area contributed by atoms with E-state index in [2.05, 4.69) is 5.32 Å². The summed E-state index contributed by atoms with van der Waals surface area (Å²) >= 11 is 0. The van der Waals surface area contributed by atoms with E-state index in [0.29, 0.717) is 13.4 Å². The monoisotopic (exact) mass is 253 g/mol. The fraction of sp³-hybridized carbons (Fsp3) is 0.538. The third-order valence-electron chi connectivity index (χ3n) is 2.82. The molecule has 5 nitrogen and oxygen atoms in total. The number of ether oxygens (including phenoxy) is 4. The minimum Gasteiger partial charge on any atom is -0.454 e. The average Bonchev–Trinajstić information content (AvgIpc) is 2.85. The van der Waals surface area contributed by atoms with Gasteiger partial charge in [0.1, 0.15) is 0 Å². The van der Waals surface area contributed by atoms with Crippen LogP contribution in [0.25, 0.3) is 0 Å². The molecule has 1 aliphatic heterocycles. The summed E-state index contributed by atoms with van der Waals surface area (Å²) in [5.41, 5.74) is 1.16. The van der Waals surface area contributed by atoms with Gasteiger partial charge in [-0.1, -0.05) is 6.07 Å². The maximum atomic E-state index is 5.33. The Kier molecular flexibility index (Phi) is 4.81. The Morgan fingerprint density at radius 3 is 2.89 bits per heavy atom. The van der Waals surface area contributed by atoms with E-state index in [1.54, 1.807) is 14.2 Å². The van der Waals surface area contributed by atoms with Gasteiger partial charge in [0.2, 0.25) is 6.79 Å². The first-order valence-electron chi connectivity index (χ1n) is 5.94. The highest BCUT2D eigenvalue weighted by atomic mass is 16.7. The lowest BCUT2D eigenvalue weighted by Gasteiger charge is -2.15. The summed E-state index contributed by atoms with van der Waals surface area (Å²) in [6, 6.07) is 5.95. The van der Waals surface area contributed by atoms with Crippen LogP contribution in [-0.2, 0) is 16.0 Å². The van der Waals surface area contributed by atoms with Crippen molar-refractivity contribution in [2.24, 2.45) is 0 Å². The molecule has 1 aliphatic rings. The maximum Gasteiger partial charge on any atom is 0.231 e. The fourth-order valence-corrected chi connectivity index (χ4v) is 1.82. The largest absolute Gasteiger partial charge is 0.454 e. The van der Waals surface area contributed by atoms with Crippen LogP contribution >= 0.6 is 0 Å². The number of rotatable bonds is 7. The minimum atomic E-state index is 0.0732. The molecule has 0 radical (unpaired) electrons. The van der Waals surface area contributed by atoms with Gasteiger partial charge in [0.05, 0.1) is 12.7 Å². The summed E-state index contributed by atoms with van der Waals surface area (Å²) in [6.45, 7) is 2.41. The molecule has 0 saturated heterocycles. The van der Waals surface area contributed by atoms with Crippen LogP contribution in [0.15, 0.2) is 18.2 Å². The van der Waals surface area contributed by atoms with E-state index in [4.69, 9.17) is 18.9 Å². The van der Waals surface area contributed by atoms with Gasteiger partial charge in [0, 0.05) is 27.3 Å². The van der Waals surface area contributed by atoms with Crippen molar-refractivity contribution in [3.05, 3.63) is 23.8 Å². The first kappa shape index (κ1) is 13.1. The molecule has 1 aromatic carbocycles. The van der Waals surface area contributed by atoms with Crippen molar-refractivity contribution >= 4 is 0 Å². The van der Waals surface area contributed by atoms with Crippen molar-refractivity contribution in [3.63, 3.8) is 0 Å². The van der Waals surface area contributed by atoms with E-state index in [1.807, 2.05) is 18.2 Å². The summed E-state index contributed by atoms with van der Waals surface area (Å²) in [7, 11) is 3.36. The molecule has 0 amide bonds. The lowest BCUT2D eigenvalue weighted by Crippen LogP contribution is -2.31. The Labute approximate surface area is 107 Å². The fourth-order valence-electron chi connectivity index (χ4n) is 1.82. The second-order valence-electron chi connectivity index (χ2n) is 4.13. The Hall–Kier alpha value is -1.30. The van der Waals surface area contributed by atoms with Crippen LogP contribution in [-0.4, -0.2) is 40.3 Å². The molecular formula is C13H19NO4. The predicted molar refractivity (Wildman–Crippen MR) is 66.9 cm³/mol. The van der Waals surface area contributed by atoms with E-state index in [0.717, 1.165) is 30.2 Å². The number of methoxy groups -OCH3 is 2. The number of hydrogen-bond acceptors (Lipinski definition) is 5. The lowest BCUT2D eigenvalue weighted by molar-refractivity contribution is 0.0288. The Morgan fingerprint density at radius 2 is 2.11 bits per heavy atom. The molecule has 0 bridgehead atoms.